The summed E-state index contributed by atoms with van der Waals surface area (Å²) in [5.74, 6) is 0.806. The number of nitriles is 1. The Labute approximate surface area is 110 Å². The molecule has 90 valence electrons. The molecule has 0 radical (unpaired) electrons. The van der Waals surface area contributed by atoms with Crippen LogP contribution >= 0.6 is 11.8 Å². The first-order valence-electron chi connectivity index (χ1n) is 5.28. The Morgan fingerprint density at radius 2 is 1.89 bits per heavy atom. The number of nitrogens with zero attached hydrogens (tertiary/aromatic N) is 1. The van der Waals surface area contributed by atoms with Gasteiger partial charge in [0.1, 0.15) is 11.5 Å². The van der Waals surface area contributed by atoms with Crippen LogP contribution in [0, 0.1) is 11.3 Å². The average molecular weight is 257 g/mol. The van der Waals surface area contributed by atoms with Gasteiger partial charge in [0.2, 0.25) is 0 Å². The van der Waals surface area contributed by atoms with Crippen LogP contribution in [0.3, 0.4) is 0 Å². The first-order chi connectivity index (χ1) is 8.72. The molecule has 2 aromatic carbocycles. The molecule has 2 rings (SSSR count). The van der Waals surface area contributed by atoms with Gasteiger partial charge in [-0.2, -0.15) is 5.26 Å². The fraction of sp³-hybridized carbons (Fsp3) is 0.0714. The summed E-state index contributed by atoms with van der Waals surface area (Å²) >= 11 is 1.44. The van der Waals surface area contributed by atoms with E-state index in [1.54, 1.807) is 37.4 Å². The van der Waals surface area contributed by atoms with E-state index in [1.807, 2.05) is 12.1 Å². The van der Waals surface area contributed by atoms with Crippen LogP contribution < -0.4 is 4.74 Å². The summed E-state index contributed by atoms with van der Waals surface area (Å²) in [5.41, 5.74) is 0.623. The van der Waals surface area contributed by atoms with Crippen LogP contribution in [0.2, 0.25) is 0 Å². The molecule has 0 aliphatic rings. The molecule has 0 fully saturated rings. The number of phenols is 1. The summed E-state index contributed by atoms with van der Waals surface area (Å²) in [7, 11) is 1.56. The van der Waals surface area contributed by atoms with Crippen molar-refractivity contribution in [1.29, 1.82) is 5.26 Å². The van der Waals surface area contributed by atoms with E-state index in [0.29, 0.717) is 11.3 Å². The number of rotatable bonds is 3. The van der Waals surface area contributed by atoms with E-state index in [1.165, 1.54) is 11.8 Å². The molecule has 1 N–H and O–H groups in total. The summed E-state index contributed by atoms with van der Waals surface area (Å²) in [6.07, 6.45) is 0. The third-order valence-electron chi connectivity index (χ3n) is 2.38. The predicted octanol–water partition coefficient (Wildman–Crippen LogP) is 3.42. The highest BCUT2D eigenvalue weighted by Crippen LogP contribution is 2.36. The molecule has 0 spiro atoms. The van der Waals surface area contributed by atoms with Gasteiger partial charge < -0.3 is 9.84 Å². The SMILES string of the molecule is COc1ccc(Sc2ccc(C#N)cc2)c(O)c1. The summed E-state index contributed by atoms with van der Waals surface area (Å²) in [6, 6.07) is 14.5. The molecule has 0 aliphatic carbocycles. The van der Waals surface area contributed by atoms with Gasteiger partial charge in [0.15, 0.2) is 0 Å². The Bertz CT molecular complexity index is 588. The van der Waals surface area contributed by atoms with E-state index in [0.717, 1.165) is 9.79 Å². The maximum absolute atomic E-state index is 9.83. The van der Waals surface area contributed by atoms with Crippen molar-refractivity contribution < 1.29 is 9.84 Å². The van der Waals surface area contributed by atoms with Gasteiger partial charge in [-0.3, -0.25) is 0 Å². The number of benzene rings is 2. The molecule has 2 aromatic rings. The highest BCUT2D eigenvalue weighted by atomic mass is 32.2. The highest BCUT2D eigenvalue weighted by molar-refractivity contribution is 7.99. The van der Waals surface area contributed by atoms with E-state index < -0.39 is 0 Å². The van der Waals surface area contributed by atoms with Crippen molar-refractivity contribution in [3.63, 3.8) is 0 Å². The van der Waals surface area contributed by atoms with Gasteiger partial charge in [0, 0.05) is 11.0 Å². The zero-order chi connectivity index (χ0) is 13.0. The molecular weight excluding hydrogens is 246 g/mol. The Kier molecular flexibility index (Phi) is 3.75. The molecule has 0 saturated heterocycles. The summed E-state index contributed by atoms with van der Waals surface area (Å²) < 4.78 is 5.03. The second-order valence-corrected chi connectivity index (χ2v) is 4.69. The Morgan fingerprint density at radius 3 is 2.44 bits per heavy atom. The van der Waals surface area contributed by atoms with Gasteiger partial charge in [-0.15, -0.1) is 0 Å². The monoisotopic (exact) mass is 257 g/mol. The van der Waals surface area contributed by atoms with Crippen molar-refractivity contribution in [3.8, 4) is 17.6 Å². The van der Waals surface area contributed by atoms with Crippen LogP contribution in [-0.4, -0.2) is 12.2 Å². The minimum atomic E-state index is 0.184. The second kappa shape index (κ2) is 5.48. The van der Waals surface area contributed by atoms with Crippen molar-refractivity contribution in [1.82, 2.24) is 0 Å². The van der Waals surface area contributed by atoms with Crippen LogP contribution in [0.25, 0.3) is 0 Å². The molecule has 0 saturated carbocycles. The standard InChI is InChI=1S/C14H11NO2S/c1-17-11-4-7-14(13(16)8-11)18-12-5-2-10(9-15)3-6-12/h2-8,16H,1H3. The quantitative estimate of drug-likeness (QED) is 0.915. The highest BCUT2D eigenvalue weighted by Gasteiger charge is 2.05. The maximum Gasteiger partial charge on any atom is 0.133 e. The smallest absolute Gasteiger partial charge is 0.133 e. The third kappa shape index (κ3) is 2.76. The average Bonchev–Trinajstić information content (AvgIpc) is 2.42. The number of hydrogen-bond donors (Lipinski definition) is 1. The third-order valence-corrected chi connectivity index (χ3v) is 3.45. The molecule has 0 atom stereocenters. The Morgan fingerprint density at radius 1 is 1.17 bits per heavy atom. The van der Waals surface area contributed by atoms with Crippen LogP contribution in [0.15, 0.2) is 52.3 Å². The van der Waals surface area contributed by atoms with Gasteiger partial charge >= 0.3 is 0 Å². The fourth-order valence-corrected chi connectivity index (χ4v) is 2.26. The van der Waals surface area contributed by atoms with Crippen molar-refractivity contribution in [3.05, 3.63) is 48.0 Å². The van der Waals surface area contributed by atoms with Gasteiger partial charge in [0.05, 0.1) is 23.6 Å². The molecular formula is C14H11NO2S. The summed E-state index contributed by atoms with van der Waals surface area (Å²) in [6.45, 7) is 0. The summed E-state index contributed by atoms with van der Waals surface area (Å²) in [4.78, 5) is 1.72. The lowest BCUT2D eigenvalue weighted by Gasteiger charge is -2.06. The summed E-state index contributed by atoms with van der Waals surface area (Å²) in [5, 5.41) is 18.5. The van der Waals surface area contributed by atoms with Crippen molar-refractivity contribution >= 4 is 11.8 Å². The van der Waals surface area contributed by atoms with Gasteiger partial charge in [0.25, 0.3) is 0 Å². The normalized spacial score (nSPS) is 9.78. The van der Waals surface area contributed by atoms with Crippen molar-refractivity contribution in [2.24, 2.45) is 0 Å². The van der Waals surface area contributed by atoms with Crippen LogP contribution in [0.5, 0.6) is 11.5 Å². The minimum absolute atomic E-state index is 0.184. The first-order valence-corrected chi connectivity index (χ1v) is 6.09. The number of ether oxygens (including phenoxy) is 1. The van der Waals surface area contributed by atoms with Crippen LogP contribution in [0.4, 0.5) is 0 Å². The zero-order valence-electron chi connectivity index (χ0n) is 9.75. The van der Waals surface area contributed by atoms with E-state index in [2.05, 4.69) is 6.07 Å². The number of methoxy groups -OCH3 is 1. The van der Waals surface area contributed by atoms with Crippen molar-refractivity contribution in [2.75, 3.05) is 7.11 Å². The number of phenolic OH excluding ortho intramolecular Hbond substituents is 1. The first kappa shape index (κ1) is 12.3. The fourth-order valence-electron chi connectivity index (χ4n) is 1.43. The molecule has 0 bridgehead atoms. The van der Waals surface area contributed by atoms with Gasteiger partial charge in [-0.1, -0.05) is 11.8 Å². The van der Waals surface area contributed by atoms with Gasteiger partial charge in [-0.25, -0.2) is 0 Å². The maximum atomic E-state index is 9.83. The molecule has 0 amide bonds. The molecule has 0 unspecified atom stereocenters. The number of aromatic hydroxyl groups is 1. The topological polar surface area (TPSA) is 53.2 Å². The van der Waals surface area contributed by atoms with Crippen LogP contribution in [-0.2, 0) is 0 Å². The largest absolute Gasteiger partial charge is 0.507 e. The lowest BCUT2D eigenvalue weighted by atomic mass is 10.2. The molecule has 3 nitrogen and oxygen atoms in total. The van der Waals surface area contributed by atoms with Gasteiger partial charge in [-0.05, 0) is 36.4 Å². The van der Waals surface area contributed by atoms with E-state index in [-0.39, 0.29) is 5.75 Å². The molecule has 0 aromatic heterocycles. The Balaban J connectivity index is 2.20. The van der Waals surface area contributed by atoms with E-state index in [9.17, 15) is 5.11 Å². The molecule has 0 heterocycles. The lowest BCUT2D eigenvalue weighted by molar-refractivity contribution is 0.405. The second-order valence-electron chi connectivity index (χ2n) is 3.57. The lowest BCUT2D eigenvalue weighted by Crippen LogP contribution is -1.83. The van der Waals surface area contributed by atoms with Crippen LogP contribution in [0.1, 0.15) is 5.56 Å². The molecule has 4 heteroatoms. The van der Waals surface area contributed by atoms with E-state index in [4.69, 9.17) is 10.00 Å². The Hall–Kier alpha value is -2.12. The zero-order valence-corrected chi connectivity index (χ0v) is 10.6. The predicted molar refractivity (Wildman–Crippen MR) is 69.9 cm³/mol. The van der Waals surface area contributed by atoms with E-state index >= 15 is 0 Å². The molecule has 0 aliphatic heterocycles. The minimum Gasteiger partial charge on any atom is -0.507 e. The van der Waals surface area contributed by atoms with Crippen molar-refractivity contribution in [2.45, 2.75) is 9.79 Å². The number of hydrogen-bond acceptors (Lipinski definition) is 4. The molecule has 18 heavy (non-hydrogen) atoms.